The zero-order valence-corrected chi connectivity index (χ0v) is 14.2. The van der Waals surface area contributed by atoms with E-state index in [1.807, 2.05) is 12.1 Å². The molecule has 0 aliphatic rings. The quantitative estimate of drug-likeness (QED) is 0.548. The first-order valence-corrected chi connectivity index (χ1v) is 7.86. The zero-order chi connectivity index (χ0) is 13.2. The van der Waals surface area contributed by atoms with E-state index in [2.05, 4.69) is 45.6 Å². The number of hydrogen-bond donors (Lipinski definition) is 2. The van der Waals surface area contributed by atoms with E-state index in [9.17, 15) is 4.79 Å². The summed E-state index contributed by atoms with van der Waals surface area (Å²) in [5, 5.41) is 6.06. The maximum atomic E-state index is 11.5. The van der Waals surface area contributed by atoms with E-state index >= 15 is 0 Å². The second kappa shape index (κ2) is 11.6. The molecule has 0 aliphatic carbocycles. The molecule has 0 heterocycles. The SMILES string of the molecule is CCNCCNC(=O)CCSc1ccc(Br)cc1.Cl. The molecule has 0 unspecified atom stereocenters. The molecule has 0 aliphatic heterocycles. The van der Waals surface area contributed by atoms with Gasteiger partial charge in [-0.25, -0.2) is 0 Å². The molecule has 0 spiro atoms. The van der Waals surface area contributed by atoms with E-state index in [4.69, 9.17) is 0 Å². The van der Waals surface area contributed by atoms with Gasteiger partial charge in [-0.2, -0.15) is 0 Å². The summed E-state index contributed by atoms with van der Waals surface area (Å²) in [6.45, 7) is 4.53. The van der Waals surface area contributed by atoms with Gasteiger partial charge in [0.25, 0.3) is 0 Å². The topological polar surface area (TPSA) is 41.1 Å². The number of amides is 1. The number of halogens is 2. The standard InChI is InChI=1S/C13H19BrN2OS.ClH/c1-2-15-8-9-16-13(17)7-10-18-12-5-3-11(14)4-6-12;/h3-6,15H,2,7-10H2,1H3,(H,16,17);1H. The summed E-state index contributed by atoms with van der Waals surface area (Å²) in [4.78, 5) is 12.7. The minimum Gasteiger partial charge on any atom is -0.355 e. The third-order valence-corrected chi connectivity index (χ3v) is 3.83. The summed E-state index contributed by atoms with van der Waals surface area (Å²) in [6.07, 6.45) is 0.562. The lowest BCUT2D eigenvalue weighted by atomic mass is 10.4. The summed E-state index contributed by atoms with van der Waals surface area (Å²) in [7, 11) is 0. The van der Waals surface area contributed by atoms with Crippen molar-refractivity contribution in [1.29, 1.82) is 0 Å². The number of hydrogen-bond acceptors (Lipinski definition) is 3. The lowest BCUT2D eigenvalue weighted by molar-refractivity contribution is -0.120. The number of likely N-dealkylation sites (N-methyl/N-ethyl adjacent to an activating group) is 1. The lowest BCUT2D eigenvalue weighted by Gasteiger charge is -2.05. The monoisotopic (exact) mass is 366 g/mol. The van der Waals surface area contributed by atoms with Crippen molar-refractivity contribution in [2.24, 2.45) is 0 Å². The fourth-order valence-electron chi connectivity index (χ4n) is 1.35. The molecule has 0 aromatic heterocycles. The molecule has 0 bridgehead atoms. The van der Waals surface area contributed by atoms with Crippen LogP contribution in [0.5, 0.6) is 0 Å². The summed E-state index contributed by atoms with van der Waals surface area (Å²) < 4.78 is 1.08. The van der Waals surface area contributed by atoms with E-state index in [1.54, 1.807) is 11.8 Å². The Hall–Kier alpha value is -0.230. The number of rotatable bonds is 8. The minimum atomic E-state index is 0. The Kier molecular flexibility index (Phi) is 11.4. The average Bonchev–Trinajstić information content (AvgIpc) is 2.37. The third kappa shape index (κ3) is 9.32. The fourth-order valence-corrected chi connectivity index (χ4v) is 2.46. The van der Waals surface area contributed by atoms with Gasteiger partial charge in [0.05, 0.1) is 0 Å². The average molecular weight is 368 g/mol. The van der Waals surface area contributed by atoms with Crippen LogP contribution in [0.15, 0.2) is 33.6 Å². The maximum Gasteiger partial charge on any atom is 0.220 e. The van der Waals surface area contributed by atoms with Gasteiger partial charge in [0.2, 0.25) is 5.91 Å². The van der Waals surface area contributed by atoms with E-state index in [0.29, 0.717) is 13.0 Å². The molecule has 0 saturated heterocycles. The minimum absolute atomic E-state index is 0. The van der Waals surface area contributed by atoms with Crippen molar-refractivity contribution < 1.29 is 4.79 Å². The van der Waals surface area contributed by atoms with Gasteiger partial charge in [-0.15, -0.1) is 24.2 Å². The predicted molar refractivity (Wildman–Crippen MR) is 88.3 cm³/mol. The van der Waals surface area contributed by atoms with Crippen molar-refractivity contribution in [2.75, 3.05) is 25.4 Å². The number of carbonyl (C=O) groups is 1. The van der Waals surface area contributed by atoms with Crippen molar-refractivity contribution >= 4 is 46.0 Å². The molecule has 0 radical (unpaired) electrons. The molecule has 19 heavy (non-hydrogen) atoms. The normalized spacial score (nSPS) is 9.79. The van der Waals surface area contributed by atoms with Crippen LogP contribution in [-0.4, -0.2) is 31.3 Å². The summed E-state index contributed by atoms with van der Waals surface area (Å²) >= 11 is 5.10. The van der Waals surface area contributed by atoms with Gasteiger partial charge in [0.15, 0.2) is 0 Å². The molecule has 1 aromatic carbocycles. The van der Waals surface area contributed by atoms with Crippen LogP contribution in [0.4, 0.5) is 0 Å². The first kappa shape index (κ1) is 18.8. The summed E-state index contributed by atoms with van der Waals surface area (Å²) in [6, 6.07) is 8.13. The highest BCUT2D eigenvalue weighted by molar-refractivity contribution is 9.10. The Morgan fingerprint density at radius 2 is 1.95 bits per heavy atom. The van der Waals surface area contributed by atoms with Crippen LogP contribution in [0.2, 0.25) is 0 Å². The molecule has 0 atom stereocenters. The van der Waals surface area contributed by atoms with E-state index in [1.165, 1.54) is 4.90 Å². The van der Waals surface area contributed by atoms with Gasteiger partial charge in [-0.3, -0.25) is 4.79 Å². The van der Waals surface area contributed by atoms with Crippen molar-refractivity contribution in [3.63, 3.8) is 0 Å². The van der Waals surface area contributed by atoms with E-state index in [0.717, 1.165) is 23.3 Å². The van der Waals surface area contributed by atoms with Crippen LogP contribution in [0.1, 0.15) is 13.3 Å². The van der Waals surface area contributed by atoms with Gasteiger partial charge in [0.1, 0.15) is 0 Å². The highest BCUT2D eigenvalue weighted by Gasteiger charge is 2.01. The Labute approximate surface area is 133 Å². The van der Waals surface area contributed by atoms with Crippen LogP contribution in [-0.2, 0) is 4.79 Å². The molecule has 1 rings (SSSR count). The van der Waals surface area contributed by atoms with Crippen molar-refractivity contribution in [3.05, 3.63) is 28.7 Å². The molecule has 6 heteroatoms. The van der Waals surface area contributed by atoms with Crippen molar-refractivity contribution in [1.82, 2.24) is 10.6 Å². The molecular weight excluding hydrogens is 348 g/mol. The maximum absolute atomic E-state index is 11.5. The number of nitrogens with one attached hydrogen (secondary N) is 2. The highest BCUT2D eigenvalue weighted by atomic mass is 79.9. The summed E-state index contributed by atoms with van der Waals surface area (Å²) in [5.41, 5.74) is 0. The Balaban J connectivity index is 0.00000324. The van der Waals surface area contributed by atoms with Crippen LogP contribution >= 0.6 is 40.1 Å². The van der Waals surface area contributed by atoms with E-state index in [-0.39, 0.29) is 18.3 Å². The Morgan fingerprint density at radius 3 is 2.58 bits per heavy atom. The van der Waals surface area contributed by atoms with Gasteiger partial charge in [0, 0.05) is 34.6 Å². The summed E-state index contributed by atoms with van der Waals surface area (Å²) in [5.74, 6) is 0.937. The molecule has 1 amide bonds. The Bertz CT molecular complexity index is 362. The second-order valence-corrected chi connectivity index (χ2v) is 5.84. The van der Waals surface area contributed by atoms with Crippen LogP contribution in [0.3, 0.4) is 0 Å². The number of benzene rings is 1. The van der Waals surface area contributed by atoms with Crippen LogP contribution < -0.4 is 10.6 Å². The van der Waals surface area contributed by atoms with Gasteiger partial charge in [-0.05, 0) is 30.8 Å². The molecule has 108 valence electrons. The van der Waals surface area contributed by atoms with Crippen molar-refractivity contribution in [2.45, 2.75) is 18.2 Å². The molecule has 3 nitrogen and oxygen atoms in total. The Morgan fingerprint density at radius 1 is 1.26 bits per heavy atom. The molecular formula is C13H20BrClN2OS. The second-order valence-electron chi connectivity index (χ2n) is 3.76. The number of carbonyl (C=O) groups excluding carboxylic acids is 1. The smallest absolute Gasteiger partial charge is 0.220 e. The van der Waals surface area contributed by atoms with Gasteiger partial charge >= 0.3 is 0 Å². The predicted octanol–water partition coefficient (Wildman–Crippen LogP) is 3.08. The number of thioether (sulfide) groups is 1. The molecule has 2 N–H and O–H groups in total. The van der Waals surface area contributed by atoms with Crippen molar-refractivity contribution in [3.8, 4) is 0 Å². The fraction of sp³-hybridized carbons (Fsp3) is 0.462. The largest absolute Gasteiger partial charge is 0.355 e. The first-order valence-electron chi connectivity index (χ1n) is 6.08. The van der Waals surface area contributed by atoms with Gasteiger partial charge in [-0.1, -0.05) is 22.9 Å². The third-order valence-electron chi connectivity index (χ3n) is 2.29. The first-order chi connectivity index (χ1) is 8.72. The lowest BCUT2D eigenvalue weighted by Crippen LogP contribution is -2.31. The molecule has 0 fully saturated rings. The van der Waals surface area contributed by atoms with Crippen LogP contribution in [0, 0.1) is 0 Å². The zero-order valence-electron chi connectivity index (χ0n) is 10.9. The van der Waals surface area contributed by atoms with E-state index < -0.39 is 0 Å². The molecule has 1 aromatic rings. The van der Waals surface area contributed by atoms with Gasteiger partial charge < -0.3 is 10.6 Å². The highest BCUT2D eigenvalue weighted by Crippen LogP contribution is 2.20. The van der Waals surface area contributed by atoms with Crippen LogP contribution in [0.25, 0.3) is 0 Å². The molecule has 0 saturated carbocycles.